The van der Waals surface area contributed by atoms with Crippen molar-refractivity contribution in [3.63, 3.8) is 0 Å². The molecule has 2 aromatic rings. The smallest absolute Gasteiger partial charge is 0.343 e. The second-order valence-corrected chi connectivity index (χ2v) is 4.17. The molecule has 2 rings (SSSR count). The third-order valence-electron chi connectivity index (χ3n) is 2.47. The standard InChI is InChI=1S/C12H7N3O8/c1-6(16)22-10-5-11(17)23-12(13-10)7-2-8(14(18)19)4-9(3-7)15(20)21/h2-5H,1H3. The lowest BCUT2D eigenvalue weighted by molar-refractivity contribution is -0.394. The molecule has 0 fully saturated rings. The van der Waals surface area contributed by atoms with E-state index in [1.54, 1.807) is 0 Å². The molecule has 0 radical (unpaired) electrons. The number of carbonyl (C=O) groups excluding carboxylic acids is 1. The minimum absolute atomic E-state index is 0.183. The van der Waals surface area contributed by atoms with Crippen LogP contribution in [-0.2, 0) is 4.79 Å². The highest BCUT2D eigenvalue weighted by atomic mass is 16.6. The van der Waals surface area contributed by atoms with Gasteiger partial charge < -0.3 is 9.15 Å². The normalized spacial score (nSPS) is 10.1. The lowest BCUT2D eigenvalue weighted by atomic mass is 10.1. The van der Waals surface area contributed by atoms with Crippen LogP contribution in [0.4, 0.5) is 11.4 Å². The SMILES string of the molecule is CC(=O)Oc1cc(=O)oc(-c2cc([N+](=O)[O-])cc([N+](=O)[O-])c2)n1. The maximum Gasteiger partial charge on any atom is 0.343 e. The van der Waals surface area contributed by atoms with Gasteiger partial charge in [0.25, 0.3) is 11.4 Å². The molecule has 11 nitrogen and oxygen atoms in total. The van der Waals surface area contributed by atoms with Gasteiger partial charge in [0.1, 0.15) is 0 Å². The Hall–Kier alpha value is -3.63. The number of nitrogens with zero attached hydrogens (tertiary/aromatic N) is 3. The summed E-state index contributed by atoms with van der Waals surface area (Å²) in [6.07, 6.45) is 0. The zero-order chi connectivity index (χ0) is 17.1. The van der Waals surface area contributed by atoms with E-state index >= 15 is 0 Å². The van der Waals surface area contributed by atoms with Crippen molar-refractivity contribution in [1.82, 2.24) is 4.98 Å². The van der Waals surface area contributed by atoms with E-state index in [-0.39, 0.29) is 5.56 Å². The topological polar surface area (TPSA) is 156 Å². The number of aromatic nitrogens is 1. The number of hydrogen-bond acceptors (Lipinski definition) is 9. The summed E-state index contributed by atoms with van der Waals surface area (Å²) in [4.78, 5) is 46.0. The summed E-state index contributed by atoms with van der Waals surface area (Å²) in [5.74, 6) is -1.60. The summed E-state index contributed by atoms with van der Waals surface area (Å²) in [7, 11) is 0. The lowest BCUT2D eigenvalue weighted by Crippen LogP contribution is -2.08. The van der Waals surface area contributed by atoms with Crippen LogP contribution in [0.3, 0.4) is 0 Å². The number of benzene rings is 1. The van der Waals surface area contributed by atoms with Gasteiger partial charge in [-0.05, 0) is 0 Å². The molecule has 1 aromatic carbocycles. The molecule has 1 aromatic heterocycles. The van der Waals surface area contributed by atoms with Gasteiger partial charge in [-0.25, -0.2) is 4.79 Å². The van der Waals surface area contributed by atoms with Crippen LogP contribution < -0.4 is 10.4 Å². The third kappa shape index (κ3) is 3.72. The van der Waals surface area contributed by atoms with Crippen LogP contribution >= 0.6 is 0 Å². The molecule has 0 saturated heterocycles. The van der Waals surface area contributed by atoms with E-state index in [1.165, 1.54) is 0 Å². The molecule has 0 aliphatic heterocycles. The van der Waals surface area contributed by atoms with E-state index < -0.39 is 44.6 Å². The third-order valence-corrected chi connectivity index (χ3v) is 2.47. The second-order valence-electron chi connectivity index (χ2n) is 4.17. The first kappa shape index (κ1) is 15.8. The van der Waals surface area contributed by atoms with E-state index in [0.29, 0.717) is 0 Å². The average molecular weight is 321 g/mol. The second kappa shape index (κ2) is 6.01. The quantitative estimate of drug-likeness (QED) is 0.461. The summed E-state index contributed by atoms with van der Waals surface area (Å²) in [6, 6.07) is 3.42. The van der Waals surface area contributed by atoms with Crippen molar-refractivity contribution < 1.29 is 23.8 Å². The minimum Gasteiger partial charge on any atom is -0.407 e. The van der Waals surface area contributed by atoms with Crippen LogP contribution in [0, 0.1) is 20.2 Å². The van der Waals surface area contributed by atoms with Crippen LogP contribution in [0.1, 0.15) is 6.92 Å². The van der Waals surface area contributed by atoms with Gasteiger partial charge >= 0.3 is 11.6 Å². The van der Waals surface area contributed by atoms with E-state index in [9.17, 15) is 29.8 Å². The number of esters is 1. The molecular formula is C12H7N3O8. The van der Waals surface area contributed by atoms with Crippen LogP contribution in [-0.4, -0.2) is 20.8 Å². The number of nitro benzene ring substituents is 2. The Kier molecular flexibility index (Phi) is 4.12. The number of nitro groups is 2. The number of ether oxygens (including phenoxy) is 1. The number of non-ortho nitro benzene ring substituents is 2. The molecular weight excluding hydrogens is 314 g/mol. The molecule has 0 aliphatic carbocycles. The van der Waals surface area contributed by atoms with Crippen molar-refractivity contribution >= 4 is 17.3 Å². The van der Waals surface area contributed by atoms with Crippen LogP contribution in [0.15, 0.2) is 33.5 Å². The van der Waals surface area contributed by atoms with Crippen LogP contribution in [0.5, 0.6) is 5.88 Å². The average Bonchev–Trinajstić information content (AvgIpc) is 2.45. The van der Waals surface area contributed by atoms with Gasteiger partial charge in [0.15, 0.2) is 0 Å². The van der Waals surface area contributed by atoms with E-state index in [4.69, 9.17) is 4.42 Å². The number of rotatable bonds is 4. The summed E-state index contributed by atoms with van der Waals surface area (Å²) in [5.41, 5.74) is -2.30. The maximum absolute atomic E-state index is 11.4. The van der Waals surface area contributed by atoms with E-state index in [0.717, 1.165) is 31.2 Å². The van der Waals surface area contributed by atoms with Gasteiger partial charge in [-0.3, -0.25) is 25.0 Å². The zero-order valence-corrected chi connectivity index (χ0v) is 11.4. The van der Waals surface area contributed by atoms with Gasteiger partial charge in [0, 0.05) is 19.1 Å². The van der Waals surface area contributed by atoms with E-state index in [1.807, 2.05) is 0 Å². The molecule has 0 bridgehead atoms. The Morgan fingerprint density at radius 3 is 2.17 bits per heavy atom. The molecule has 0 aliphatic rings. The van der Waals surface area contributed by atoms with Gasteiger partial charge in [0.05, 0.1) is 27.5 Å². The molecule has 1 heterocycles. The Balaban J connectivity index is 2.63. The molecule has 118 valence electrons. The maximum atomic E-state index is 11.4. The van der Waals surface area contributed by atoms with Crippen LogP contribution in [0.25, 0.3) is 11.5 Å². The fraction of sp³-hybridized carbons (Fsp3) is 0.0833. The monoisotopic (exact) mass is 321 g/mol. The molecule has 0 saturated carbocycles. The van der Waals surface area contributed by atoms with Crippen molar-refractivity contribution in [2.45, 2.75) is 6.92 Å². The summed E-state index contributed by atoms with van der Waals surface area (Å²) < 4.78 is 9.39. The van der Waals surface area contributed by atoms with Gasteiger partial charge in [0.2, 0.25) is 11.8 Å². The summed E-state index contributed by atoms with van der Waals surface area (Å²) >= 11 is 0. The molecule has 0 amide bonds. The van der Waals surface area contributed by atoms with Crippen molar-refractivity contribution in [3.05, 3.63) is 54.9 Å². The van der Waals surface area contributed by atoms with Gasteiger partial charge in [-0.2, -0.15) is 4.98 Å². The lowest BCUT2D eigenvalue weighted by Gasteiger charge is -2.03. The highest BCUT2D eigenvalue weighted by Gasteiger charge is 2.20. The molecule has 0 N–H and O–H groups in total. The van der Waals surface area contributed by atoms with Gasteiger partial charge in [-0.15, -0.1) is 0 Å². The fourth-order valence-electron chi connectivity index (χ4n) is 1.63. The first-order chi connectivity index (χ1) is 10.8. The molecule has 23 heavy (non-hydrogen) atoms. The molecule has 0 unspecified atom stereocenters. The fourth-order valence-corrected chi connectivity index (χ4v) is 1.63. The largest absolute Gasteiger partial charge is 0.407 e. The summed E-state index contributed by atoms with van der Waals surface area (Å²) in [6.45, 7) is 1.08. The summed E-state index contributed by atoms with van der Waals surface area (Å²) in [5, 5.41) is 21.7. The van der Waals surface area contributed by atoms with Crippen molar-refractivity contribution in [1.29, 1.82) is 0 Å². The van der Waals surface area contributed by atoms with Crippen molar-refractivity contribution in [3.8, 4) is 17.3 Å². The Bertz CT molecular complexity index is 841. The molecule has 0 atom stereocenters. The highest BCUT2D eigenvalue weighted by molar-refractivity contribution is 5.69. The predicted octanol–water partition coefficient (Wildman–Crippen LogP) is 1.44. The molecule has 11 heteroatoms. The molecule has 0 spiro atoms. The Labute approximate surface area is 126 Å². The predicted molar refractivity (Wildman–Crippen MR) is 72.8 cm³/mol. The van der Waals surface area contributed by atoms with Gasteiger partial charge in [-0.1, -0.05) is 0 Å². The minimum atomic E-state index is -0.944. The van der Waals surface area contributed by atoms with E-state index in [2.05, 4.69) is 9.72 Å². The van der Waals surface area contributed by atoms with Crippen molar-refractivity contribution in [2.24, 2.45) is 0 Å². The number of carbonyl (C=O) groups is 1. The highest BCUT2D eigenvalue weighted by Crippen LogP contribution is 2.28. The Morgan fingerprint density at radius 2 is 1.70 bits per heavy atom. The van der Waals surface area contributed by atoms with Crippen LogP contribution in [0.2, 0.25) is 0 Å². The first-order valence-corrected chi connectivity index (χ1v) is 5.91. The number of hydrogen-bond donors (Lipinski definition) is 0. The first-order valence-electron chi connectivity index (χ1n) is 5.91. The Morgan fingerprint density at radius 1 is 1.13 bits per heavy atom. The van der Waals surface area contributed by atoms with Crippen molar-refractivity contribution in [2.75, 3.05) is 0 Å². The zero-order valence-electron chi connectivity index (χ0n) is 11.4.